The van der Waals surface area contributed by atoms with Crippen molar-refractivity contribution in [3.05, 3.63) is 60.2 Å². The first kappa shape index (κ1) is 17.7. The number of hydrogen-bond acceptors (Lipinski definition) is 1. The maximum absolute atomic E-state index is 4.56. The van der Waals surface area contributed by atoms with E-state index in [1.165, 1.54) is 23.1 Å². The zero-order valence-electron chi connectivity index (χ0n) is 13.5. The molecule has 0 amide bonds. The van der Waals surface area contributed by atoms with Crippen LogP contribution in [0.15, 0.2) is 54.6 Å². The lowest BCUT2D eigenvalue weighted by atomic mass is 9.90. The lowest BCUT2D eigenvalue weighted by Crippen LogP contribution is -1.95. The molecule has 3 radical (unpaired) electrons. The molecule has 0 N–H and O–H groups in total. The van der Waals surface area contributed by atoms with E-state index in [-0.39, 0.29) is 0 Å². The third-order valence-electron chi connectivity index (χ3n) is 3.42. The zero-order chi connectivity index (χ0) is 15.7. The van der Waals surface area contributed by atoms with Crippen LogP contribution < -0.4 is 0 Å². The highest BCUT2D eigenvalue weighted by atomic mass is 28.2. The van der Waals surface area contributed by atoms with Crippen LogP contribution in [-0.4, -0.2) is 16.6 Å². The van der Waals surface area contributed by atoms with E-state index in [2.05, 4.69) is 83.4 Å². The minimum atomic E-state index is 0.298. The van der Waals surface area contributed by atoms with Gasteiger partial charge in [0.25, 0.3) is 0 Å². The second kappa shape index (κ2) is 9.53. The second-order valence-corrected chi connectivity index (χ2v) is 5.66. The smallest absolute Gasteiger partial charge is 0.246 e. The standard InChI is InChI=1S/C16H18.C3H7OSi/c1-3-13(2)15-11-7-8-12-16(15)14-9-5-4-6-10-14;1-3(2)4-5/h4-13H,3H2,1-2H3;3H,1-2H3. The summed E-state index contributed by atoms with van der Waals surface area (Å²) in [6.45, 7) is 8.44. The predicted molar refractivity (Wildman–Crippen MR) is 92.6 cm³/mol. The molecule has 0 saturated heterocycles. The quantitative estimate of drug-likeness (QED) is 0.690. The highest BCUT2D eigenvalue weighted by Crippen LogP contribution is 2.30. The van der Waals surface area contributed by atoms with E-state index in [0.717, 1.165) is 0 Å². The number of hydrogen-bond donors (Lipinski definition) is 0. The molecule has 1 unspecified atom stereocenters. The third kappa shape index (κ3) is 5.86. The van der Waals surface area contributed by atoms with Crippen molar-refractivity contribution in [2.24, 2.45) is 0 Å². The Bertz CT molecular complexity index is 508. The van der Waals surface area contributed by atoms with Crippen LogP contribution in [0.1, 0.15) is 45.6 Å². The lowest BCUT2D eigenvalue weighted by Gasteiger charge is -2.14. The highest BCUT2D eigenvalue weighted by Gasteiger charge is 2.09. The molecule has 1 atom stereocenters. The molecule has 2 aromatic carbocycles. The van der Waals surface area contributed by atoms with E-state index < -0.39 is 0 Å². The fraction of sp³-hybridized carbons (Fsp3) is 0.368. The molecular weight excluding hydrogens is 272 g/mol. The molecule has 2 rings (SSSR count). The fourth-order valence-corrected chi connectivity index (χ4v) is 2.03. The van der Waals surface area contributed by atoms with E-state index in [1.54, 1.807) is 0 Å². The van der Waals surface area contributed by atoms with E-state index >= 15 is 0 Å². The second-order valence-electron chi connectivity index (χ2n) is 5.43. The Balaban J connectivity index is 0.000000383. The fourth-order valence-electron chi connectivity index (χ4n) is 2.03. The Kier molecular flexibility index (Phi) is 8.02. The molecule has 0 aromatic heterocycles. The molecule has 0 aliphatic carbocycles. The van der Waals surface area contributed by atoms with Crippen molar-refractivity contribution < 1.29 is 4.43 Å². The van der Waals surface area contributed by atoms with Crippen LogP contribution in [-0.2, 0) is 4.43 Å². The van der Waals surface area contributed by atoms with Crippen LogP contribution in [0, 0.1) is 0 Å². The zero-order valence-corrected chi connectivity index (χ0v) is 14.5. The summed E-state index contributed by atoms with van der Waals surface area (Å²) in [5, 5.41) is 0. The molecule has 1 nitrogen and oxygen atoms in total. The lowest BCUT2D eigenvalue weighted by molar-refractivity contribution is 0.267. The molecular formula is C19H25OSi. The van der Waals surface area contributed by atoms with Gasteiger partial charge in [-0.2, -0.15) is 0 Å². The summed E-state index contributed by atoms with van der Waals surface area (Å²) in [7, 11) is 2.85. The summed E-state index contributed by atoms with van der Waals surface area (Å²) in [4.78, 5) is 0. The molecule has 0 aliphatic heterocycles. The Labute approximate surface area is 132 Å². The van der Waals surface area contributed by atoms with Gasteiger partial charge in [0, 0.05) is 6.10 Å². The molecule has 2 aromatic rings. The van der Waals surface area contributed by atoms with Crippen molar-refractivity contribution in [1.82, 2.24) is 0 Å². The number of rotatable bonds is 4. The summed E-state index contributed by atoms with van der Waals surface area (Å²) >= 11 is 0. The van der Waals surface area contributed by atoms with Gasteiger partial charge in [0.15, 0.2) is 0 Å². The molecule has 21 heavy (non-hydrogen) atoms. The summed E-state index contributed by atoms with van der Waals surface area (Å²) < 4.78 is 4.56. The highest BCUT2D eigenvalue weighted by molar-refractivity contribution is 5.98. The molecule has 0 heterocycles. The molecule has 0 aliphatic rings. The maximum atomic E-state index is 4.56. The van der Waals surface area contributed by atoms with Crippen LogP contribution in [0.25, 0.3) is 11.1 Å². The summed E-state index contributed by atoms with van der Waals surface area (Å²) in [5.74, 6) is 0.622. The Hall–Kier alpha value is -1.38. The average Bonchev–Trinajstić information content (AvgIpc) is 2.55. The first-order valence-corrected chi connectivity index (χ1v) is 7.97. The van der Waals surface area contributed by atoms with Crippen molar-refractivity contribution in [2.45, 2.75) is 46.1 Å². The van der Waals surface area contributed by atoms with Crippen molar-refractivity contribution in [3.8, 4) is 11.1 Å². The van der Waals surface area contributed by atoms with Gasteiger partial charge in [-0.05, 0) is 42.9 Å². The summed E-state index contributed by atoms with van der Waals surface area (Å²) in [6, 6.07) is 19.3. The third-order valence-corrected chi connectivity index (χ3v) is 3.90. The van der Waals surface area contributed by atoms with Gasteiger partial charge in [-0.1, -0.05) is 68.4 Å². The topological polar surface area (TPSA) is 9.23 Å². The van der Waals surface area contributed by atoms with Crippen LogP contribution in [0.2, 0.25) is 0 Å². The van der Waals surface area contributed by atoms with Gasteiger partial charge in [-0.3, -0.25) is 0 Å². The largest absolute Gasteiger partial charge is 0.416 e. The molecule has 0 fully saturated rings. The van der Waals surface area contributed by atoms with E-state index in [1.807, 2.05) is 13.8 Å². The van der Waals surface area contributed by atoms with Crippen LogP contribution in [0.3, 0.4) is 0 Å². The van der Waals surface area contributed by atoms with Gasteiger partial charge < -0.3 is 4.43 Å². The molecule has 0 spiro atoms. The maximum Gasteiger partial charge on any atom is 0.246 e. The van der Waals surface area contributed by atoms with Crippen LogP contribution >= 0.6 is 0 Å². The van der Waals surface area contributed by atoms with Gasteiger partial charge in [-0.15, -0.1) is 0 Å². The monoisotopic (exact) mass is 297 g/mol. The van der Waals surface area contributed by atoms with Crippen molar-refractivity contribution in [2.75, 3.05) is 0 Å². The molecule has 0 bridgehead atoms. The SMILES string of the molecule is CC(C)O[Si].CCC(C)c1ccccc1-c1ccccc1. The Morgan fingerprint density at radius 3 is 1.95 bits per heavy atom. The van der Waals surface area contributed by atoms with E-state index in [9.17, 15) is 0 Å². The normalized spacial score (nSPS) is 11.7. The summed E-state index contributed by atoms with van der Waals surface area (Å²) in [5.41, 5.74) is 4.15. The Morgan fingerprint density at radius 2 is 1.43 bits per heavy atom. The van der Waals surface area contributed by atoms with Gasteiger partial charge in [0.2, 0.25) is 10.5 Å². The van der Waals surface area contributed by atoms with Gasteiger partial charge in [0.05, 0.1) is 0 Å². The summed E-state index contributed by atoms with van der Waals surface area (Å²) in [6.07, 6.45) is 1.48. The number of benzene rings is 2. The molecule has 2 heteroatoms. The first-order valence-electron chi connectivity index (χ1n) is 7.56. The first-order chi connectivity index (χ1) is 10.1. The van der Waals surface area contributed by atoms with Gasteiger partial charge >= 0.3 is 0 Å². The Morgan fingerprint density at radius 1 is 0.905 bits per heavy atom. The van der Waals surface area contributed by atoms with E-state index in [4.69, 9.17) is 0 Å². The van der Waals surface area contributed by atoms with Gasteiger partial charge in [-0.25, -0.2) is 0 Å². The van der Waals surface area contributed by atoms with Crippen molar-refractivity contribution in [1.29, 1.82) is 0 Å². The average molecular weight is 297 g/mol. The molecule has 0 saturated carbocycles. The predicted octanol–water partition coefficient (Wildman–Crippen LogP) is 5.36. The van der Waals surface area contributed by atoms with E-state index in [0.29, 0.717) is 12.0 Å². The minimum absolute atomic E-state index is 0.298. The van der Waals surface area contributed by atoms with Crippen molar-refractivity contribution in [3.63, 3.8) is 0 Å². The van der Waals surface area contributed by atoms with Crippen LogP contribution in [0.5, 0.6) is 0 Å². The van der Waals surface area contributed by atoms with Gasteiger partial charge in [0.1, 0.15) is 0 Å². The van der Waals surface area contributed by atoms with Crippen LogP contribution in [0.4, 0.5) is 0 Å². The molecule has 111 valence electrons. The minimum Gasteiger partial charge on any atom is -0.416 e. The van der Waals surface area contributed by atoms with Crippen molar-refractivity contribution >= 4 is 10.5 Å².